The molecule has 0 aliphatic carbocycles. The predicted octanol–water partition coefficient (Wildman–Crippen LogP) is 2.85. The van der Waals surface area contributed by atoms with E-state index >= 15 is 0 Å². The van der Waals surface area contributed by atoms with Gasteiger partial charge in [-0.25, -0.2) is 9.97 Å². The largest absolute Gasteiger partial charge is 0.370 e. The first kappa shape index (κ1) is 14.7. The van der Waals surface area contributed by atoms with Crippen LogP contribution in [0.4, 0.5) is 11.6 Å². The summed E-state index contributed by atoms with van der Waals surface area (Å²) in [4.78, 5) is 9.49. The van der Waals surface area contributed by atoms with E-state index in [9.17, 15) is 0 Å². The maximum atomic E-state index is 4.78. The lowest BCUT2D eigenvalue weighted by atomic mass is 10.1. The van der Waals surface area contributed by atoms with E-state index in [2.05, 4.69) is 40.0 Å². The Morgan fingerprint density at radius 3 is 2.83 bits per heavy atom. The van der Waals surface area contributed by atoms with Crippen molar-refractivity contribution in [2.24, 2.45) is 7.05 Å². The molecule has 6 heteroatoms. The van der Waals surface area contributed by atoms with Crippen molar-refractivity contribution in [2.75, 3.05) is 17.2 Å². The highest BCUT2D eigenvalue weighted by atomic mass is 15.3. The third-order valence-electron chi connectivity index (χ3n) is 4.26. The second-order valence-corrected chi connectivity index (χ2v) is 5.93. The van der Waals surface area contributed by atoms with Crippen molar-refractivity contribution in [3.05, 3.63) is 53.7 Å². The quantitative estimate of drug-likeness (QED) is 0.774. The third-order valence-corrected chi connectivity index (χ3v) is 4.26. The monoisotopic (exact) mass is 320 g/mol. The van der Waals surface area contributed by atoms with Crippen molar-refractivity contribution < 1.29 is 0 Å². The highest BCUT2D eigenvalue weighted by Crippen LogP contribution is 2.29. The fourth-order valence-corrected chi connectivity index (χ4v) is 2.97. The lowest BCUT2D eigenvalue weighted by Crippen LogP contribution is -2.18. The minimum absolute atomic E-state index is 0.693. The zero-order valence-electron chi connectivity index (χ0n) is 13.7. The molecule has 3 aromatic rings. The molecule has 0 spiro atoms. The first-order valence-corrected chi connectivity index (χ1v) is 8.22. The molecule has 0 saturated carbocycles. The summed E-state index contributed by atoms with van der Waals surface area (Å²) in [7, 11) is 1.91. The van der Waals surface area contributed by atoms with E-state index in [1.807, 2.05) is 19.2 Å². The van der Waals surface area contributed by atoms with Crippen LogP contribution < -0.4 is 10.6 Å². The maximum absolute atomic E-state index is 4.78. The molecule has 122 valence electrons. The zero-order valence-corrected chi connectivity index (χ0v) is 13.7. The van der Waals surface area contributed by atoms with Crippen molar-refractivity contribution in [3.8, 4) is 11.5 Å². The molecule has 0 bridgehead atoms. The smallest absolute Gasteiger partial charge is 0.181 e. The van der Waals surface area contributed by atoms with E-state index in [1.54, 1.807) is 10.9 Å². The van der Waals surface area contributed by atoms with Crippen LogP contribution in [0.5, 0.6) is 0 Å². The second kappa shape index (κ2) is 6.31. The Kier molecular flexibility index (Phi) is 3.86. The van der Waals surface area contributed by atoms with Gasteiger partial charge in [0.2, 0.25) is 0 Å². The van der Waals surface area contributed by atoms with Crippen molar-refractivity contribution in [3.63, 3.8) is 0 Å². The predicted molar refractivity (Wildman–Crippen MR) is 94.8 cm³/mol. The van der Waals surface area contributed by atoms with E-state index in [0.717, 1.165) is 43.3 Å². The SMILES string of the molecule is Cn1nccc1-c1nc2c(c(NCc3ccccc3)n1)CCCN2. The van der Waals surface area contributed by atoms with Crippen LogP contribution >= 0.6 is 0 Å². The molecule has 4 rings (SSSR count). The van der Waals surface area contributed by atoms with Crippen LogP contribution in [0, 0.1) is 0 Å². The zero-order chi connectivity index (χ0) is 16.4. The average molecular weight is 320 g/mol. The molecular formula is C18H20N6. The summed E-state index contributed by atoms with van der Waals surface area (Å²) in [5.41, 5.74) is 3.31. The van der Waals surface area contributed by atoms with Gasteiger partial charge in [-0.15, -0.1) is 0 Å². The second-order valence-electron chi connectivity index (χ2n) is 5.93. The van der Waals surface area contributed by atoms with Gasteiger partial charge in [0.1, 0.15) is 17.3 Å². The van der Waals surface area contributed by atoms with Crippen LogP contribution in [0.2, 0.25) is 0 Å². The highest BCUT2D eigenvalue weighted by molar-refractivity contribution is 5.65. The molecule has 0 fully saturated rings. The summed E-state index contributed by atoms with van der Waals surface area (Å²) < 4.78 is 1.80. The molecule has 0 amide bonds. The number of hydrogen-bond donors (Lipinski definition) is 2. The van der Waals surface area contributed by atoms with Crippen molar-refractivity contribution >= 4 is 11.6 Å². The first-order chi connectivity index (χ1) is 11.8. The molecule has 0 radical (unpaired) electrons. The number of anilines is 2. The first-order valence-electron chi connectivity index (χ1n) is 8.22. The van der Waals surface area contributed by atoms with E-state index in [4.69, 9.17) is 9.97 Å². The minimum Gasteiger partial charge on any atom is -0.370 e. The van der Waals surface area contributed by atoms with Gasteiger partial charge < -0.3 is 10.6 Å². The van der Waals surface area contributed by atoms with Crippen LogP contribution in [0.1, 0.15) is 17.5 Å². The van der Waals surface area contributed by atoms with E-state index in [1.165, 1.54) is 11.1 Å². The van der Waals surface area contributed by atoms with Gasteiger partial charge in [0.15, 0.2) is 5.82 Å². The van der Waals surface area contributed by atoms with E-state index in [0.29, 0.717) is 5.82 Å². The molecule has 3 heterocycles. The molecule has 2 aromatic heterocycles. The maximum Gasteiger partial charge on any atom is 0.181 e. The number of rotatable bonds is 4. The van der Waals surface area contributed by atoms with E-state index in [-0.39, 0.29) is 0 Å². The Hall–Kier alpha value is -2.89. The number of aromatic nitrogens is 4. The number of benzene rings is 1. The fourth-order valence-electron chi connectivity index (χ4n) is 2.97. The summed E-state index contributed by atoms with van der Waals surface area (Å²) >= 11 is 0. The Labute approximate surface area is 141 Å². The minimum atomic E-state index is 0.693. The van der Waals surface area contributed by atoms with Gasteiger partial charge in [0, 0.05) is 31.9 Å². The Balaban J connectivity index is 1.70. The summed E-state index contributed by atoms with van der Waals surface area (Å²) in [6.07, 6.45) is 3.86. The van der Waals surface area contributed by atoms with Gasteiger partial charge in [0.05, 0.1) is 0 Å². The number of hydrogen-bond acceptors (Lipinski definition) is 5. The number of fused-ring (bicyclic) bond motifs is 1. The van der Waals surface area contributed by atoms with Gasteiger partial charge in [-0.1, -0.05) is 30.3 Å². The Bertz CT molecular complexity index is 840. The Morgan fingerprint density at radius 2 is 2.04 bits per heavy atom. The van der Waals surface area contributed by atoms with Crippen LogP contribution in [0.15, 0.2) is 42.6 Å². The molecule has 0 atom stereocenters. The molecule has 1 aliphatic heterocycles. The van der Waals surface area contributed by atoms with Gasteiger partial charge >= 0.3 is 0 Å². The standard InChI is InChI=1S/C18H20N6/c1-24-15(9-11-21-24)18-22-16-14(8-5-10-19-16)17(23-18)20-12-13-6-3-2-4-7-13/h2-4,6-7,9,11H,5,8,10,12H2,1H3,(H2,19,20,22,23). The summed E-state index contributed by atoms with van der Waals surface area (Å²) in [5, 5.41) is 11.1. The van der Waals surface area contributed by atoms with Gasteiger partial charge in [-0.2, -0.15) is 5.10 Å². The van der Waals surface area contributed by atoms with Crippen molar-refractivity contribution in [2.45, 2.75) is 19.4 Å². The van der Waals surface area contributed by atoms with Crippen molar-refractivity contribution in [1.82, 2.24) is 19.7 Å². The highest BCUT2D eigenvalue weighted by Gasteiger charge is 2.19. The summed E-state index contributed by atoms with van der Waals surface area (Å²) in [5.74, 6) is 2.54. The molecule has 0 saturated heterocycles. The molecular weight excluding hydrogens is 300 g/mol. The van der Waals surface area contributed by atoms with E-state index < -0.39 is 0 Å². The summed E-state index contributed by atoms with van der Waals surface area (Å²) in [6, 6.07) is 12.3. The number of nitrogens with zero attached hydrogens (tertiary/aromatic N) is 4. The van der Waals surface area contributed by atoms with Crippen molar-refractivity contribution in [1.29, 1.82) is 0 Å². The third kappa shape index (κ3) is 2.82. The summed E-state index contributed by atoms with van der Waals surface area (Å²) in [6.45, 7) is 1.70. The molecule has 6 nitrogen and oxygen atoms in total. The molecule has 24 heavy (non-hydrogen) atoms. The van der Waals surface area contributed by atoms with Crippen LogP contribution in [-0.4, -0.2) is 26.3 Å². The van der Waals surface area contributed by atoms with Crippen LogP contribution in [0.3, 0.4) is 0 Å². The molecule has 1 aromatic carbocycles. The van der Waals surface area contributed by atoms with Gasteiger partial charge in [-0.05, 0) is 24.5 Å². The fraction of sp³-hybridized carbons (Fsp3) is 0.278. The van der Waals surface area contributed by atoms with Crippen LogP contribution in [0.25, 0.3) is 11.5 Å². The number of nitrogens with one attached hydrogen (secondary N) is 2. The van der Waals surface area contributed by atoms with Crippen LogP contribution in [-0.2, 0) is 20.0 Å². The lowest BCUT2D eigenvalue weighted by molar-refractivity contribution is 0.765. The van der Waals surface area contributed by atoms with Gasteiger partial charge in [0.25, 0.3) is 0 Å². The lowest BCUT2D eigenvalue weighted by Gasteiger charge is -2.21. The molecule has 2 N–H and O–H groups in total. The molecule has 1 aliphatic rings. The topological polar surface area (TPSA) is 67.7 Å². The van der Waals surface area contributed by atoms with Gasteiger partial charge in [-0.3, -0.25) is 4.68 Å². The average Bonchev–Trinajstić information content (AvgIpc) is 3.06. The Morgan fingerprint density at radius 1 is 1.17 bits per heavy atom. The normalized spacial score (nSPS) is 13.2. The molecule has 0 unspecified atom stereocenters. The number of aryl methyl sites for hydroxylation is 1.